The minimum absolute atomic E-state index is 0.189. The Kier molecular flexibility index (Phi) is 3.12. The molecule has 2 aliphatic carbocycles. The summed E-state index contributed by atoms with van der Waals surface area (Å²) in [6, 6.07) is 0. The van der Waals surface area contributed by atoms with Crippen molar-refractivity contribution in [2.24, 2.45) is 11.8 Å². The molecule has 0 aromatic carbocycles. The minimum Gasteiger partial charge on any atom is -0.390 e. The van der Waals surface area contributed by atoms with Gasteiger partial charge in [0.1, 0.15) is 12.3 Å². The zero-order valence-electron chi connectivity index (χ0n) is 9.51. The van der Waals surface area contributed by atoms with Gasteiger partial charge in [-0.2, -0.15) is 0 Å². The summed E-state index contributed by atoms with van der Waals surface area (Å²) in [7, 11) is 0. The number of halogens is 2. The number of aliphatic hydroxyl groups is 2. The highest BCUT2D eigenvalue weighted by Crippen LogP contribution is 2.55. The monoisotopic (exact) mass is 264 g/mol. The second-order valence-corrected chi connectivity index (χ2v) is 6.93. The van der Waals surface area contributed by atoms with Gasteiger partial charge in [-0.3, -0.25) is 0 Å². The van der Waals surface area contributed by atoms with Crippen molar-refractivity contribution in [3.63, 3.8) is 0 Å². The van der Waals surface area contributed by atoms with Gasteiger partial charge in [-0.05, 0) is 37.5 Å². The Morgan fingerprint density at radius 3 is 1.59 bits per heavy atom. The van der Waals surface area contributed by atoms with Gasteiger partial charge < -0.3 is 10.2 Å². The van der Waals surface area contributed by atoms with Crippen LogP contribution in [0.5, 0.6) is 0 Å². The molecular weight excluding hydrogens is 246 g/mol. The van der Waals surface area contributed by atoms with Gasteiger partial charge >= 0.3 is 0 Å². The van der Waals surface area contributed by atoms with Crippen molar-refractivity contribution in [3.05, 3.63) is 0 Å². The van der Waals surface area contributed by atoms with E-state index in [0.717, 1.165) is 12.8 Å². The summed E-state index contributed by atoms with van der Waals surface area (Å²) in [5.41, 5.74) is 0. The Morgan fingerprint density at radius 2 is 1.18 bits per heavy atom. The average molecular weight is 264 g/mol. The topological polar surface area (TPSA) is 40.5 Å². The fourth-order valence-corrected chi connectivity index (χ4v) is 5.84. The second-order valence-electron chi connectivity index (χ2n) is 5.57. The standard InChI is InChI=1S/C12H18F2O2S/c13-9-7(15)3-1-5-6-2-4-8(16)10(14)12(6)17-11(5)9/h5-12,15-16H,1-4H2. The fourth-order valence-electron chi connectivity index (χ4n) is 3.73. The SMILES string of the molecule is OC1CCC2C3CCC(O)C(F)C3SC2C1F. The molecule has 17 heavy (non-hydrogen) atoms. The predicted octanol–water partition coefficient (Wildman–Crippen LogP) is 1.69. The maximum absolute atomic E-state index is 13.9. The molecule has 8 atom stereocenters. The lowest BCUT2D eigenvalue weighted by Crippen LogP contribution is -2.43. The number of fused-ring (bicyclic) bond motifs is 3. The molecule has 1 heterocycles. The highest BCUT2D eigenvalue weighted by Gasteiger charge is 2.55. The van der Waals surface area contributed by atoms with E-state index in [0.29, 0.717) is 12.8 Å². The third kappa shape index (κ3) is 1.81. The van der Waals surface area contributed by atoms with Crippen LogP contribution in [0, 0.1) is 11.8 Å². The van der Waals surface area contributed by atoms with Gasteiger partial charge in [0.25, 0.3) is 0 Å². The van der Waals surface area contributed by atoms with Crippen LogP contribution < -0.4 is 0 Å². The Labute approximate surface area is 104 Å². The lowest BCUT2D eigenvalue weighted by Gasteiger charge is -2.36. The van der Waals surface area contributed by atoms with Crippen LogP contribution in [0.4, 0.5) is 8.78 Å². The van der Waals surface area contributed by atoms with Gasteiger partial charge in [0, 0.05) is 10.5 Å². The van der Waals surface area contributed by atoms with Crippen molar-refractivity contribution in [1.29, 1.82) is 0 Å². The van der Waals surface area contributed by atoms with Crippen LogP contribution in [0.3, 0.4) is 0 Å². The van der Waals surface area contributed by atoms with Crippen LogP contribution >= 0.6 is 11.8 Å². The number of alkyl halides is 2. The first-order valence-corrected chi connectivity index (χ1v) is 7.33. The molecule has 98 valence electrons. The van der Waals surface area contributed by atoms with Crippen molar-refractivity contribution in [2.45, 2.75) is 60.7 Å². The van der Waals surface area contributed by atoms with Gasteiger partial charge in [-0.15, -0.1) is 11.8 Å². The van der Waals surface area contributed by atoms with Crippen LogP contribution in [0.1, 0.15) is 25.7 Å². The minimum atomic E-state index is -1.23. The Bertz CT molecular complexity index is 272. The zero-order chi connectivity index (χ0) is 12.2. The summed E-state index contributed by atoms with van der Waals surface area (Å²) in [6.07, 6.45) is -1.65. The Morgan fingerprint density at radius 1 is 0.765 bits per heavy atom. The van der Waals surface area contributed by atoms with Crippen LogP contribution in [0.25, 0.3) is 0 Å². The molecule has 1 aliphatic heterocycles. The van der Waals surface area contributed by atoms with Crippen molar-refractivity contribution >= 4 is 11.8 Å². The van der Waals surface area contributed by atoms with E-state index in [9.17, 15) is 19.0 Å². The summed E-state index contributed by atoms with van der Waals surface area (Å²) in [5.74, 6) is 0.378. The molecule has 3 aliphatic rings. The van der Waals surface area contributed by atoms with Gasteiger partial charge in [-0.25, -0.2) is 8.78 Å². The van der Waals surface area contributed by atoms with E-state index < -0.39 is 24.6 Å². The van der Waals surface area contributed by atoms with Gasteiger partial charge in [-0.1, -0.05) is 0 Å². The number of aliphatic hydroxyl groups excluding tert-OH is 2. The van der Waals surface area contributed by atoms with Crippen LogP contribution in [-0.4, -0.2) is 45.3 Å². The summed E-state index contributed by atoms with van der Waals surface area (Å²) in [6.45, 7) is 0. The number of thioether (sulfide) groups is 1. The molecule has 0 radical (unpaired) electrons. The number of hydrogen-bond acceptors (Lipinski definition) is 3. The Hall–Kier alpha value is 0.130. The van der Waals surface area contributed by atoms with Crippen molar-refractivity contribution in [3.8, 4) is 0 Å². The van der Waals surface area contributed by atoms with Crippen molar-refractivity contribution in [1.82, 2.24) is 0 Å². The lowest BCUT2D eigenvalue weighted by atomic mass is 9.71. The second kappa shape index (κ2) is 4.35. The molecule has 3 fully saturated rings. The predicted molar refractivity (Wildman–Crippen MR) is 62.4 cm³/mol. The quantitative estimate of drug-likeness (QED) is 0.699. The molecule has 2 nitrogen and oxygen atoms in total. The zero-order valence-corrected chi connectivity index (χ0v) is 10.3. The lowest BCUT2D eigenvalue weighted by molar-refractivity contribution is -0.00412. The van der Waals surface area contributed by atoms with E-state index in [1.807, 2.05) is 0 Å². The van der Waals surface area contributed by atoms with E-state index in [2.05, 4.69) is 0 Å². The molecule has 2 N–H and O–H groups in total. The summed E-state index contributed by atoms with van der Waals surface area (Å²) in [4.78, 5) is 0. The van der Waals surface area contributed by atoms with Crippen molar-refractivity contribution in [2.75, 3.05) is 0 Å². The molecule has 5 heteroatoms. The molecule has 0 bridgehead atoms. The van der Waals surface area contributed by atoms with Crippen LogP contribution in [0.15, 0.2) is 0 Å². The van der Waals surface area contributed by atoms with E-state index in [1.54, 1.807) is 0 Å². The van der Waals surface area contributed by atoms with Crippen molar-refractivity contribution < 1.29 is 19.0 Å². The molecule has 0 aromatic rings. The summed E-state index contributed by atoms with van der Waals surface area (Å²) in [5, 5.41) is 18.6. The van der Waals surface area contributed by atoms with Crippen LogP contribution in [0.2, 0.25) is 0 Å². The van der Waals surface area contributed by atoms with E-state index >= 15 is 0 Å². The average Bonchev–Trinajstić information content (AvgIpc) is 2.69. The van der Waals surface area contributed by atoms with Gasteiger partial charge in [0.05, 0.1) is 12.2 Å². The summed E-state index contributed by atoms with van der Waals surface area (Å²) >= 11 is 1.33. The number of rotatable bonds is 0. The first-order chi connectivity index (χ1) is 8.09. The van der Waals surface area contributed by atoms with E-state index in [1.165, 1.54) is 11.8 Å². The molecule has 0 aromatic heterocycles. The summed E-state index contributed by atoms with van der Waals surface area (Å²) < 4.78 is 27.9. The highest BCUT2D eigenvalue weighted by atomic mass is 32.2. The normalized spacial score (nSPS) is 58.6. The molecule has 8 unspecified atom stereocenters. The first-order valence-electron chi connectivity index (χ1n) is 6.39. The Balaban J connectivity index is 1.81. The molecule has 3 rings (SSSR count). The maximum Gasteiger partial charge on any atom is 0.138 e. The molecule has 1 saturated heterocycles. The van der Waals surface area contributed by atoms with Gasteiger partial charge in [0.15, 0.2) is 0 Å². The largest absolute Gasteiger partial charge is 0.390 e. The van der Waals surface area contributed by atoms with Gasteiger partial charge in [0.2, 0.25) is 0 Å². The van der Waals surface area contributed by atoms with E-state index in [-0.39, 0.29) is 22.3 Å². The molecule has 0 spiro atoms. The third-order valence-corrected chi connectivity index (χ3v) is 6.51. The molecule has 2 saturated carbocycles. The number of hydrogen-bond donors (Lipinski definition) is 2. The molecular formula is C12H18F2O2S. The van der Waals surface area contributed by atoms with E-state index in [4.69, 9.17) is 0 Å². The van der Waals surface area contributed by atoms with Crippen LogP contribution in [-0.2, 0) is 0 Å². The smallest absolute Gasteiger partial charge is 0.138 e. The first kappa shape index (κ1) is 12.2. The fraction of sp³-hybridized carbons (Fsp3) is 1.00. The maximum atomic E-state index is 13.9. The highest BCUT2D eigenvalue weighted by molar-refractivity contribution is 8.00. The third-order valence-electron chi connectivity index (χ3n) is 4.66. The molecule has 0 amide bonds.